The Morgan fingerprint density at radius 2 is 1.86 bits per heavy atom. The molecule has 2 heterocycles. The van der Waals surface area contributed by atoms with Gasteiger partial charge in [0.2, 0.25) is 0 Å². The van der Waals surface area contributed by atoms with Crippen LogP contribution in [0.1, 0.15) is 20.7 Å². The number of nitrogens with zero attached hydrogens (tertiary/aromatic N) is 2. The fourth-order valence-electron chi connectivity index (χ4n) is 2.77. The zero-order valence-electron chi connectivity index (χ0n) is 14.7. The van der Waals surface area contributed by atoms with Crippen LogP contribution >= 0.6 is 22.9 Å². The van der Waals surface area contributed by atoms with E-state index in [2.05, 4.69) is 4.74 Å². The summed E-state index contributed by atoms with van der Waals surface area (Å²) in [6.07, 6.45) is 0. The Balaban J connectivity index is 1.69. The first kappa shape index (κ1) is 20.7. The van der Waals surface area contributed by atoms with Crippen LogP contribution in [-0.2, 0) is 14.8 Å². The van der Waals surface area contributed by atoms with Crippen molar-refractivity contribution in [3.8, 4) is 0 Å². The van der Waals surface area contributed by atoms with E-state index in [0.717, 1.165) is 23.5 Å². The van der Waals surface area contributed by atoms with E-state index in [1.165, 1.54) is 33.8 Å². The molecule has 150 valence electrons. The average molecular weight is 447 g/mol. The van der Waals surface area contributed by atoms with Crippen molar-refractivity contribution in [1.82, 2.24) is 9.21 Å². The van der Waals surface area contributed by atoms with Crippen LogP contribution in [0, 0.1) is 5.82 Å². The molecule has 7 nitrogen and oxygen atoms in total. The third kappa shape index (κ3) is 4.04. The van der Waals surface area contributed by atoms with Crippen LogP contribution in [0.4, 0.5) is 4.39 Å². The topological polar surface area (TPSA) is 84.0 Å². The number of methoxy groups -OCH3 is 1. The summed E-state index contributed by atoms with van der Waals surface area (Å²) in [6, 6.07) is 4.80. The molecule has 1 aromatic heterocycles. The number of hydrogen-bond donors (Lipinski definition) is 0. The van der Waals surface area contributed by atoms with E-state index in [1.54, 1.807) is 0 Å². The SMILES string of the molecule is COC(=O)c1csc(S(=O)(=O)N2CCN(C(=O)c3ccc(F)cc3Cl)CC2)c1. The van der Waals surface area contributed by atoms with Gasteiger partial charge in [0, 0.05) is 31.6 Å². The van der Waals surface area contributed by atoms with Gasteiger partial charge in [-0.15, -0.1) is 11.3 Å². The molecule has 3 rings (SSSR count). The predicted molar refractivity (Wildman–Crippen MR) is 102 cm³/mol. The van der Waals surface area contributed by atoms with E-state index >= 15 is 0 Å². The molecular weight excluding hydrogens is 431 g/mol. The highest BCUT2D eigenvalue weighted by Crippen LogP contribution is 2.26. The largest absolute Gasteiger partial charge is 0.465 e. The van der Waals surface area contributed by atoms with Crippen molar-refractivity contribution < 1.29 is 27.1 Å². The lowest BCUT2D eigenvalue weighted by Gasteiger charge is -2.33. The highest BCUT2D eigenvalue weighted by atomic mass is 35.5. The third-order valence-electron chi connectivity index (χ3n) is 4.28. The number of benzene rings is 1. The van der Waals surface area contributed by atoms with Gasteiger partial charge < -0.3 is 9.64 Å². The lowest BCUT2D eigenvalue weighted by molar-refractivity contribution is 0.0600. The van der Waals surface area contributed by atoms with E-state index in [0.29, 0.717) is 0 Å². The zero-order chi connectivity index (χ0) is 20.5. The Kier molecular flexibility index (Phi) is 6.04. The number of hydrogen-bond acceptors (Lipinski definition) is 6. The highest BCUT2D eigenvalue weighted by Gasteiger charge is 2.32. The average Bonchev–Trinajstić information content (AvgIpc) is 3.18. The molecule has 11 heteroatoms. The highest BCUT2D eigenvalue weighted by molar-refractivity contribution is 7.91. The van der Waals surface area contributed by atoms with Gasteiger partial charge in [0.05, 0.1) is 23.3 Å². The molecule has 0 radical (unpaired) electrons. The monoisotopic (exact) mass is 446 g/mol. The van der Waals surface area contributed by atoms with Gasteiger partial charge in [-0.25, -0.2) is 17.6 Å². The van der Waals surface area contributed by atoms with Gasteiger partial charge in [0.1, 0.15) is 10.0 Å². The van der Waals surface area contributed by atoms with E-state index in [9.17, 15) is 22.4 Å². The minimum Gasteiger partial charge on any atom is -0.465 e. The standard InChI is InChI=1S/C17H16ClFN2O5S2/c1-26-17(23)11-8-15(27-10-11)28(24,25)21-6-4-20(5-7-21)16(22)13-3-2-12(19)9-14(13)18/h2-3,8-10H,4-7H2,1H3. The van der Waals surface area contributed by atoms with E-state index in [-0.39, 0.29) is 52.4 Å². The second-order valence-corrected chi connectivity index (χ2v) is 9.45. The Hall–Kier alpha value is -2.01. The maximum absolute atomic E-state index is 13.2. The molecule has 0 aliphatic carbocycles. The van der Waals surface area contributed by atoms with Crippen LogP contribution < -0.4 is 0 Å². The second-order valence-electron chi connectivity index (χ2n) is 5.97. The lowest BCUT2D eigenvalue weighted by atomic mass is 10.2. The summed E-state index contributed by atoms with van der Waals surface area (Å²) in [5.41, 5.74) is 0.339. The Morgan fingerprint density at radius 1 is 1.18 bits per heavy atom. The number of thiophene rings is 1. The third-order valence-corrected chi connectivity index (χ3v) is 7.90. The zero-order valence-corrected chi connectivity index (χ0v) is 17.1. The molecule has 0 saturated carbocycles. The number of carbonyl (C=O) groups excluding carboxylic acids is 2. The van der Waals surface area contributed by atoms with Crippen molar-refractivity contribution in [2.45, 2.75) is 4.21 Å². The fourth-order valence-corrected chi connectivity index (χ4v) is 5.74. The van der Waals surface area contributed by atoms with Crippen molar-refractivity contribution >= 4 is 44.8 Å². The molecule has 28 heavy (non-hydrogen) atoms. The summed E-state index contributed by atoms with van der Waals surface area (Å²) in [5.74, 6) is -1.53. The smallest absolute Gasteiger partial charge is 0.338 e. The summed E-state index contributed by atoms with van der Waals surface area (Å²) >= 11 is 6.87. The predicted octanol–water partition coefficient (Wildman–Crippen LogP) is 2.47. The number of amides is 1. The van der Waals surface area contributed by atoms with Crippen molar-refractivity contribution in [2.24, 2.45) is 0 Å². The van der Waals surface area contributed by atoms with Crippen molar-refractivity contribution in [3.05, 3.63) is 51.6 Å². The Labute approximate surface area is 170 Å². The first-order valence-corrected chi connectivity index (χ1v) is 10.8. The molecule has 0 bridgehead atoms. The number of esters is 1. The molecule has 1 amide bonds. The first-order valence-electron chi connectivity index (χ1n) is 8.15. The molecule has 1 aliphatic rings. The molecule has 0 spiro atoms. The molecule has 1 saturated heterocycles. The van der Waals surface area contributed by atoms with E-state index in [1.807, 2.05) is 0 Å². The summed E-state index contributed by atoms with van der Waals surface area (Å²) in [6.45, 7) is 0.526. The minimum absolute atomic E-state index is 0.00831. The molecule has 1 aromatic carbocycles. The molecule has 2 aromatic rings. The maximum Gasteiger partial charge on any atom is 0.338 e. The number of halogens is 2. The van der Waals surface area contributed by atoms with E-state index < -0.39 is 21.8 Å². The quantitative estimate of drug-likeness (QED) is 0.674. The van der Waals surface area contributed by atoms with Gasteiger partial charge in [-0.3, -0.25) is 4.79 Å². The van der Waals surface area contributed by atoms with Crippen LogP contribution in [0.5, 0.6) is 0 Å². The summed E-state index contributed by atoms with van der Waals surface area (Å²) < 4.78 is 44.6. The molecule has 0 atom stereocenters. The van der Waals surface area contributed by atoms with Gasteiger partial charge in [-0.05, 0) is 24.3 Å². The molecule has 0 N–H and O–H groups in total. The maximum atomic E-state index is 13.2. The lowest BCUT2D eigenvalue weighted by Crippen LogP contribution is -2.50. The van der Waals surface area contributed by atoms with Crippen LogP contribution in [0.25, 0.3) is 0 Å². The van der Waals surface area contributed by atoms with Crippen molar-refractivity contribution in [3.63, 3.8) is 0 Å². The number of carbonyl (C=O) groups is 2. The normalized spacial score (nSPS) is 15.5. The number of piperazine rings is 1. The first-order chi connectivity index (χ1) is 13.2. The molecular formula is C17H16ClFN2O5S2. The van der Waals surface area contributed by atoms with Crippen LogP contribution in [0.2, 0.25) is 5.02 Å². The van der Waals surface area contributed by atoms with Gasteiger partial charge in [0.25, 0.3) is 15.9 Å². The Bertz CT molecular complexity index is 1020. The number of rotatable bonds is 4. The Morgan fingerprint density at radius 3 is 2.46 bits per heavy atom. The van der Waals surface area contributed by atoms with Crippen molar-refractivity contribution in [1.29, 1.82) is 0 Å². The van der Waals surface area contributed by atoms with Gasteiger partial charge in [-0.2, -0.15) is 4.31 Å². The number of sulfonamides is 1. The molecule has 0 unspecified atom stereocenters. The van der Waals surface area contributed by atoms with Crippen LogP contribution in [0.3, 0.4) is 0 Å². The second kappa shape index (κ2) is 8.16. The minimum atomic E-state index is -3.78. The number of ether oxygens (including phenoxy) is 1. The fraction of sp³-hybridized carbons (Fsp3) is 0.294. The summed E-state index contributed by atoms with van der Waals surface area (Å²) in [5, 5.41) is 1.43. The van der Waals surface area contributed by atoms with E-state index in [4.69, 9.17) is 11.6 Å². The van der Waals surface area contributed by atoms with Crippen LogP contribution in [0.15, 0.2) is 33.9 Å². The summed E-state index contributed by atoms with van der Waals surface area (Å²) in [7, 11) is -2.56. The van der Waals surface area contributed by atoms with Gasteiger partial charge >= 0.3 is 5.97 Å². The molecule has 1 fully saturated rings. The van der Waals surface area contributed by atoms with Gasteiger partial charge in [0.15, 0.2) is 0 Å². The van der Waals surface area contributed by atoms with Crippen molar-refractivity contribution in [2.75, 3.05) is 33.3 Å². The van der Waals surface area contributed by atoms with Gasteiger partial charge in [-0.1, -0.05) is 11.6 Å². The van der Waals surface area contributed by atoms with Crippen LogP contribution in [-0.4, -0.2) is 62.8 Å². The molecule has 1 aliphatic heterocycles. The summed E-state index contributed by atoms with van der Waals surface area (Å²) in [4.78, 5) is 25.6.